The molecule has 2 aliphatic heterocycles. The molecule has 6 rings (SSSR count). The Bertz CT molecular complexity index is 1350. The van der Waals surface area contributed by atoms with Crippen LogP contribution in [-0.2, 0) is 11.3 Å². The number of hydrogen-bond acceptors (Lipinski definition) is 6. The fourth-order valence-corrected chi connectivity index (χ4v) is 6.24. The SMILES string of the molecule is O=C(C1CCCN(Cc2nc(-c3ccc(Br)cc3)no2)C1)N1CCN(C(c2ccccc2)c2ccccc2)CC1. The van der Waals surface area contributed by atoms with Gasteiger partial charge in [-0.25, -0.2) is 0 Å². The maximum absolute atomic E-state index is 13.6. The summed E-state index contributed by atoms with van der Waals surface area (Å²) in [6, 6.07) is 29.4. The number of amides is 1. The fourth-order valence-electron chi connectivity index (χ4n) is 5.97. The zero-order chi connectivity index (χ0) is 27.3. The molecular formula is C32H34BrN5O2. The summed E-state index contributed by atoms with van der Waals surface area (Å²) in [6.07, 6.45) is 1.92. The number of hydrogen-bond donors (Lipinski definition) is 0. The van der Waals surface area contributed by atoms with E-state index in [2.05, 4.69) is 101 Å². The molecular weight excluding hydrogens is 566 g/mol. The Labute approximate surface area is 243 Å². The van der Waals surface area contributed by atoms with Crippen LogP contribution in [0.2, 0.25) is 0 Å². The molecule has 0 saturated carbocycles. The Kier molecular flexibility index (Phi) is 8.37. The zero-order valence-electron chi connectivity index (χ0n) is 22.5. The molecule has 206 valence electrons. The summed E-state index contributed by atoms with van der Waals surface area (Å²) < 4.78 is 6.57. The Morgan fingerprint density at radius 1 is 0.875 bits per heavy atom. The minimum absolute atomic E-state index is 0.00760. The summed E-state index contributed by atoms with van der Waals surface area (Å²) in [5, 5.41) is 4.17. The highest BCUT2D eigenvalue weighted by atomic mass is 79.9. The van der Waals surface area contributed by atoms with E-state index in [1.165, 1.54) is 11.1 Å². The number of aromatic nitrogens is 2. The second kappa shape index (κ2) is 12.5. The normalized spacial score (nSPS) is 18.8. The highest BCUT2D eigenvalue weighted by Gasteiger charge is 2.33. The molecule has 1 atom stereocenters. The van der Waals surface area contributed by atoms with Crippen LogP contribution in [0, 0.1) is 5.92 Å². The summed E-state index contributed by atoms with van der Waals surface area (Å²) >= 11 is 3.46. The number of carbonyl (C=O) groups is 1. The molecule has 8 heteroatoms. The molecule has 40 heavy (non-hydrogen) atoms. The Morgan fingerprint density at radius 3 is 2.17 bits per heavy atom. The minimum Gasteiger partial charge on any atom is -0.340 e. The lowest BCUT2D eigenvalue weighted by atomic mass is 9.95. The van der Waals surface area contributed by atoms with Gasteiger partial charge in [-0.15, -0.1) is 0 Å². The van der Waals surface area contributed by atoms with Crippen LogP contribution in [0.3, 0.4) is 0 Å². The van der Waals surface area contributed by atoms with Gasteiger partial charge in [-0.05, 0) is 54.8 Å². The third kappa shape index (κ3) is 6.19. The Balaban J connectivity index is 1.06. The summed E-state index contributed by atoms with van der Waals surface area (Å²) in [5.41, 5.74) is 3.51. The van der Waals surface area contributed by atoms with Crippen LogP contribution in [-0.4, -0.2) is 70.0 Å². The van der Waals surface area contributed by atoms with E-state index < -0.39 is 0 Å². The summed E-state index contributed by atoms with van der Waals surface area (Å²) in [6.45, 7) is 5.46. The van der Waals surface area contributed by atoms with E-state index in [0.717, 1.165) is 62.1 Å². The zero-order valence-corrected chi connectivity index (χ0v) is 24.1. The lowest BCUT2D eigenvalue weighted by Crippen LogP contribution is -2.53. The van der Waals surface area contributed by atoms with Crippen LogP contribution in [0.5, 0.6) is 0 Å². The van der Waals surface area contributed by atoms with E-state index in [1.54, 1.807) is 0 Å². The maximum atomic E-state index is 13.6. The van der Waals surface area contributed by atoms with Crippen molar-refractivity contribution in [1.82, 2.24) is 24.8 Å². The van der Waals surface area contributed by atoms with Gasteiger partial charge in [0.2, 0.25) is 17.6 Å². The average Bonchev–Trinajstić information content (AvgIpc) is 3.47. The first kappa shape index (κ1) is 26.9. The number of piperazine rings is 1. The van der Waals surface area contributed by atoms with E-state index in [0.29, 0.717) is 18.3 Å². The largest absolute Gasteiger partial charge is 0.340 e. The summed E-state index contributed by atoms with van der Waals surface area (Å²) in [5.74, 6) is 1.47. The number of nitrogens with zero attached hydrogens (tertiary/aromatic N) is 5. The van der Waals surface area contributed by atoms with E-state index >= 15 is 0 Å². The molecule has 0 N–H and O–H groups in total. The van der Waals surface area contributed by atoms with Crippen molar-refractivity contribution in [2.45, 2.75) is 25.4 Å². The van der Waals surface area contributed by atoms with E-state index in [1.807, 2.05) is 24.3 Å². The third-order valence-electron chi connectivity index (χ3n) is 8.01. The van der Waals surface area contributed by atoms with Crippen molar-refractivity contribution in [2.24, 2.45) is 5.92 Å². The van der Waals surface area contributed by atoms with Crippen molar-refractivity contribution in [1.29, 1.82) is 0 Å². The molecule has 2 aliphatic rings. The molecule has 2 saturated heterocycles. The quantitative estimate of drug-likeness (QED) is 0.274. The van der Waals surface area contributed by atoms with Crippen molar-refractivity contribution in [2.75, 3.05) is 39.3 Å². The number of benzene rings is 3. The number of halogens is 1. The van der Waals surface area contributed by atoms with Crippen molar-refractivity contribution in [3.63, 3.8) is 0 Å². The molecule has 4 aromatic rings. The predicted octanol–water partition coefficient (Wildman–Crippen LogP) is 5.64. The predicted molar refractivity (Wildman–Crippen MR) is 158 cm³/mol. The van der Waals surface area contributed by atoms with Gasteiger partial charge in [-0.1, -0.05) is 81.8 Å². The standard InChI is InChI=1S/C32H34BrN5O2/c33-28-15-13-26(14-16-28)31-34-29(40-35-31)23-36-17-7-12-27(22-36)32(39)38-20-18-37(19-21-38)30(24-8-3-1-4-9-24)25-10-5-2-6-11-25/h1-6,8-11,13-16,27,30H,7,12,17-23H2. The van der Waals surface area contributed by atoms with E-state index in [4.69, 9.17) is 4.52 Å². The summed E-state index contributed by atoms with van der Waals surface area (Å²) in [7, 11) is 0. The molecule has 1 aromatic heterocycles. The van der Waals surface area contributed by atoms with Crippen molar-refractivity contribution >= 4 is 21.8 Å². The van der Waals surface area contributed by atoms with Gasteiger partial charge in [-0.3, -0.25) is 14.6 Å². The van der Waals surface area contributed by atoms with Gasteiger partial charge in [-0.2, -0.15) is 4.98 Å². The number of piperidine rings is 1. The highest BCUT2D eigenvalue weighted by molar-refractivity contribution is 9.10. The number of carbonyl (C=O) groups excluding carboxylic acids is 1. The smallest absolute Gasteiger partial charge is 0.241 e. The number of likely N-dealkylation sites (tertiary alicyclic amines) is 1. The molecule has 3 aromatic carbocycles. The lowest BCUT2D eigenvalue weighted by molar-refractivity contribution is -0.139. The average molecular weight is 601 g/mol. The second-order valence-corrected chi connectivity index (χ2v) is 11.6. The molecule has 1 amide bonds. The van der Waals surface area contributed by atoms with Crippen LogP contribution >= 0.6 is 15.9 Å². The number of rotatable bonds is 7. The fraction of sp³-hybridized carbons (Fsp3) is 0.344. The Morgan fingerprint density at radius 2 is 1.52 bits per heavy atom. The van der Waals surface area contributed by atoms with Gasteiger partial charge in [0.15, 0.2) is 0 Å². The monoisotopic (exact) mass is 599 g/mol. The topological polar surface area (TPSA) is 65.7 Å². The lowest BCUT2D eigenvalue weighted by Gasteiger charge is -2.41. The molecule has 3 heterocycles. The first-order valence-electron chi connectivity index (χ1n) is 14.1. The first-order chi connectivity index (χ1) is 19.6. The van der Waals surface area contributed by atoms with E-state index in [-0.39, 0.29) is 17.9 Å². The molecule has 2 fully saturated rings. The van der Waals surface area contributed by atoms with Crippen molar-refractivity contribution < 1.29 is 9.32 Å². The van der Waals surface area contributed by atoms with Gasteiger partial charge in [0, 0.05) is 42.8 Å². The van der Waals surface area contributed by atoms with Gasteiger partial charge in [0.25, 0.3) is 0 Å². The second-order valence-electron chi connectivity index (χ2n) is 10.7. The van der Waals surface area contributed by atoms with Gasteiger partial charge in [0.1, 0.15) is 0 Å². The van der Waals surface area contributed by atoms with Crippen molar-refractivity contribution in [3.05, 3.63) is 106 Å². The minimum atomic E-state index is 0.00760. The van der Waals surface area contributed by atoms with Crippen molar-refractivity contribution in [3.8, 4) is 11.4 Å². The third-order valence-corrected chi connectivity index (χ3v) is 8.53. The molecule has 0 aliphatic carbocycles. The van der Waals surface area contributed by atoms with Crippen LogP contribution in [0.1, 0.15) is 35.9 Å². The van der Waals surface area contributed by atoms with Crippen LogP contribution < -0.4 is 0 Å². The molecule has 0 spiro atoms. The Hall–Kier alpha value is -3.33. The van der Waals surface area contributed by atoms with Gasteiger partial charge in [0.05, 0.1) is 18.5 Å². The molecule has 7 nitrogen and oxygen atoms in total. The molecule has 0 radical (unpaired) electrons. The maximum Gasteiger partial charge on any atom is 0.241 e. The molecule has 0 bridgehead atoms. The van der Waals surface area contributed by atoms with Gasteiger partial charge < -0.3 is 9.42 Å². The van der Waals surface area contributed by atoms with Gasteiger partial charge >= 0.3 is 0 Å². The van der Waals surface area contributed by atoms with E-state index in [9.17, 15) is 4.79 Å². The highest BCUT2D eigenvalue weighted by Crippen LogP contribution is 2.30. The molecule has 1 unspecified atom stereocenters. The van der Waals surface area contributed by atoms with Crippen LogP contribution in [0.4, 0.5) is 0 Å². The first-order valence-corrected chi connectivity index (χ1v) is 14.9. The van der Waals surface area contributed by atoms with Crippen LogP contribution in [0.25, 0.3) is 11.4 Å². The van der Waals surface area contributed by atoms with Crippen LogP contribution in [0.15, 0.2) is 93.9 Å². The summed E-state index contributed by atoms with van der Waals surface area (Å²) in [4.78, 5) is 25.1.